The van der Waals surface area contributed by atoms with Crippen LogP contribution in [0.25, 0.3) is 0 Å². The second-order valence-corrected chi connectivity index (χ2v) is 4.92. The van der Waals surface area contributed by atoms with E-state index < -0.39 is 12.2 Å². The van der Waals surface area contributed by atoms with Gasteiger partial charge in [-0.3, -0.25) is 0 Å². The van der Waals surface area contributed by atoms with E-state index in [4.69, 9.17) is 14.2 Å². The summed E-state index contributed by atoms with van der Waals surface area (Å²) in [6, 6.07) is 0. The van der Waals surface area contributed by atoms with E-state index in [1.165, 1.54) is 0 Å². The maximum Gasteiger partial charge on any atom is 0.160 e. The quantitative estimate of drug-likeness (QED) is 0.723. The molecule has 0 radical (unpaired) electrons. The van der Waals surface area contributed by atoms with Crippen LogP contribution in [0.3, 0.4) is 0 Å². The van der Waals surface area contributed by atoms with E-state index in [1.54, 1.807) is 19.3 Å². The Morgan fingerprint density at radius 2 is 2.06 bits per heavy atom. The van der Waals surface area contributed by atoms with Crippen molar-refractivity contribution >= 4 is 0 Å². The van der Waals surface area contributed by atoms with Crippen LogP contribution in [0.1, 0.15) is 26.2 Å². The molecule has 5 heteroatoms. The van der Waals surface area contributed by atoms with E-state index in [-0.39, 0.29) is 24.6 Å². The number of fused-ring (bicyclic) bond motifs is 1. The van der Waals surface area contributed by atoms with Crippen LogP contribution in [0, 0.1) is 0 Å². The van der Waals surface area contributed by atoms with E-state index in [0.29, 0.717) is 19.3 Å². The van der Waals surface area contributed by atoms with Crippen LogP contribution in [0.2, 0.25) is 0 Å². The first-order valence-electron chi connectivity index (χ1n) is 6.46. The molecule has 5 nitrogen and oxygen atoms in total. The Morgan fingerprint density at radius 3 is 2.72 bits per heavy atom. The molecule has 0 bridgehead atoms. The van der Waals surface area contributed by atoms with Gasteiger partial charge in [-0.05, 0) is 6.92 Å². The molecule has 2 rings (SSSR count). The summed E-state index contributed by atoms with van der Waals surface area (Å²) in [7, 11) is 1.60. The van der Waals surface area contributed by atoms with Crippen molar-refractivity contribution in [3.8, 4) is 0 Å². The van der Waals surface area contributed by atoms with Gasteiger partial charge >= 0.3 is 0 Å². The Morgan fingerprint density at radius 1 is 1.33 bits per heavy atom. The van der Waals surface area contributed by atoms with Gasteiger partial charge in [0.2, 0.25) is 0 Å². The Balaban J connectivity index is 1.91. The Bertz CT molecular complexity index is 293. The second kappa shape index (κ2) is 6.12. The van der Waals surface area contributed by atoms with E-state index in [2.05, 4.69) is 0 Å². The molecule has 0 aromatic rings. The first-order chi connectivity index (χ1) is 8.63. The standard InChI is InChI=1S/C13H22O5/c1-3-4-8(14)5-10-9(15)6-11-12(17-10)7-13(16-2)18-11/h3-4,8-15H,5-7H2,1-2H3/b4-3+/t8-,9-,10-,11+,12+,13-/m1/s1. The molecule has 0 saturated carbocycles. The molecule has 18 heavy (non-hydrogen) atoms. The minimum atomic E-state index is -0.596. The summed E-state index contributed by atoms with van der Waals surface area (Å²) in [5.74, 6) is 0. The number of rotatable bonds is 4. The zero-order valence-electron chi connectivity index (χ0n) is 10.9. The van der Waals surface area contributed by atoms with Gasteiger partial charge in [0.05, 0.1) is 30.5 Å². The molecule has 2 fully saturated rings. The number of aliphatic hydroxyl groups excluding tert-OH is 2. The lowest BCUT2D eigenvalue weighted by Crippen LogP contribution is -2.46. The molecule has 0 aromatic heterocycles. The molecule has 2 N–H and O–H groups in total. The molecule has 2 aliphatic heterocycles. The lowest BCUT2D eigenvalue weighted by atomic mass is 9.94. The number of allylic oxidation sites excluding steroid dienone is 1. The molecule has 0 aliphatic carbocycles. The number of hydrogen-bond donors (Lipinski definition) is 2. The topological polar surface area (TPSA) is 68.2 Å². The molecule has 2 aliphatic rings. The van der Waals surface area contributed by atoms with Crippen molar-refractivity contribution in [1.82, 2.24) is 0 Å². The van der Waals surface area contributed by atoms with Crippen molar-refractivity contribution in [3.05, 3.63) is 12.2 Å². The van der Waals surface area contributed by atoms with Crippen LogP contribution < -0.4 is 0 Å². The predicted octanol–water partition coefficient (Wildman–Crippen LogP) is 0.593. The summed E-state index contributed by atoms with van der Waals surface area (Å²) in [6.45, 7) is 1.85. The average Bonchev–Trinajstić information content (AvgIpc) is 2.72. The van der Waals surface area contributed by atoms with Crippen LogP contribution in [-0.2, 0) is 14.2 Å². The summed E-state index contributed by atoms with van der Waals surface area (Å²) < 4.78 is 16.6. The molecule has 2 heterocycles. The number of hydrogen-bond acceptors (Lipinski definition) is 5. The van der Waals surface area contributed by atoms with Gasteiger partial charge in [-0.15, -0.1) is 0 Å². The lowest BCUT2D eigenvalue weighted by Gasteiger charge is -2.35. The first kappa shape index (κ1) is 14.0. The van der Waals surface area contributed by atoms with Crippen molar-refractivity contribution in [2.45, 2.75) is 63.0 Å². The average molecular weight is 258 g/mol. The minimum Gasteiger partial charge on any atom is -0.390 e. The summed E-state index contributed by atoms with van der Waals surface area (Å²) in [6.07, 6.45) is 3.24. The molecule has 0 aromatic carbocycles. The summed E-state index contributed by atoms with van der Waals surface area (Å²) in [5.41, 5.74) is 0. The monoisotopic (exact) mass is 258 g/mol. The van der Waals surface area contributed by atoms with E-state index >= 15 is 0 Å². The lowest BCUT2D eigenvalue weighted by molar-refractivity contribution is -0.175. The van der Waals surface area contributed by atoms with Crippen molar-refractivity contribution in [2.24, 2.45) is 0 Å². The zero-order valence-corrected chi connectivity index (χ0v) is 10.9. The highest BCUT2D eigenvalue weighted by Gasteiger charge is 2.44. The van der Waals surface area contributed by atoms with Crippen LogP contribution in [0.4, 0.5) is 0 Å². The number of ether oxygens (including phenoxy) is 3. The van der Waals surface area contributed by atoms with Gasteiger partial charge in [-0.25, -0.2) is 0 Å². The number of aliphatic hydroxyl groups is 2. The van der Waals surface area contributed by atoms with E-state index in [0.717, 1.165) is 0 Å². The highest BCUT2D eigenvalue weighted by Crippen LogP contribution is 2.34. The smallest absolute Gasteiger partial charge is 0.160 e. The number of methoxy groups -OCH3 is 1. The molecule has 6 atom stereocenters. The molecule has 0 spiro atoms. The largest absolute Gasteiger partial charge is 0.390 e. The fraction of sp³-hybridized carbons (Fsp3) is 0.846. The Hall–Kier alpha value is -0.460. The van der Waals surface area contributed by atoms with Gasteiger partial charge < -0.3 is 24.4 Å². The highest BCUT2D eigenvalue weighted by molar-refractivity contribution is 4.94. The Labute approximate surface area is 107 Å². The van der Waals surface area contributed by atoms with E-state index in [1.807, 2.05) is 6.92 Å². The molecular formula is C13H22O5. The fourth-order valence-electron chi connectivity index (χ4n) is 2.64. The van der Waals surface area contributed by atoms with Crippen molar-refractivity contribution in [1.29, 1.82) is 0 Å². The summed E-state index contributed by atoms with van der Waals surface area (Å²) in [5, 5.41) is 19.7. The van der Waals surface area contributed by atoms with Crippen LogP contribution >= 0.6 is 0 Å². The third-order valence-corrected chi connectivity index (χ3v) is 3.57. The highest BCUT2D eigenvalue weighted by atomic mass is 16.7. The SMILES string of the molecule is C/C=C/[C@@H](O)C[C@H]1O[C@H]2C[C@H](OC)O[C@H]2C[C@H]1O. The molecule has 2 saturated heterocycles. The maximum atomic E-state index is 10.0. The summed E-state index contributed by atoms with van der Waals surface area (Å²) in [4.78, 5) is 0. The predicted molar refractivity (Wildman–Crippen MR) is 65.0 cm³/mol. The third kappa shape index (κ3) is 3.10. The normalized spacial score (nSPS) is 42.1. The molecule has 104 valence electrons. The van der Waals surface area contributed by atoms with Crippen LogP contribution in [-0.4, -0.2) is 54.1 Å². The molecule has 0 unspecified atom stereocenters. The van der Waals surface area contributed by atoms with Crippen molar-refractivity contribution < 1.29 is 24.4 Å². The van der Waals surface area contributed by atoms with Gasteiger partial charge in [0.15, 0.2) is 6.29 Å². The Kier molecular flexibility index (Phi) is 4.75. The van der Waals surface area contributed by atoms with Crippen molar-refractivity contribution in [3.63, 3.8) is 0 Å². The minimum absolute atomic E-state index is 0.0406. The van der Waals surface area contributed by atoms with Gasteiger partial charge in [-0.1, -0.05) is 12.2 Å². The van der Waals surface area contributed by atoms with Crippen molar-refractivity contribution in [2.75, 3.05) is 7.11 Å². The first-order valence-corrected chi connectivity index (χ1v) is 6.46. The van der Waals surface area contributed by atoms with Crippen LogP contribution in [0.15, 0.2) is 12.2 Å². The third-order valence-electron chi connectivity index (χ3n) is 3.57. The molecule has 0 amide bonds. The van der Waals surface area contributed by atoms with Gasteiger partial charge in [0.1, 0.15) is 0 Å². The summed E-state index contributed by atoms with van der Waals surface area (Å²) >= 11 is 0. The van der Waals surface area contributed by atoms with E-state index in [9.17, 15) is 10.2 Å². The maximum absolute atomic E-state index is 10.0. The second-order valence-electron chi connectivity index (χ2n) is 4.92. The fourth-order valence-corrected chi connectivity index (χ4v) is 2.64. The van der Waals surface area contributed by atoms with Crippen LogP contribution in [0.5, 0.6) is 0 Å². The van der Waals surface area contributed by atoms with Gasteiger partial charge in [-0.2, -0.15) is 0 Å². The van der Waals surface area contributed by atoms with Gasteiger partial charge in [0.25, 0.3) is 0 Å². The van der Waals surface area contributed by atoms with Gasteiger partial charge in [0, 0.05) is 26.4 Å². The molecular weight excluding hydrogens is 236 g/mol. The zero-order chi connectivity index (χ0) is 13.1.